The number of hydrogen-bond acceptors (Lipinski definition) is 5. The molecule has 0 radical (unpaired) electrons. The minimum absolute atomic E-state index is 0.139. The molecule has 0 saturated carbocycles. The molecule has 1 N–H and O–H groups in total. The molecule has 126 valence electrons. The lowest BCUT2D eigenvalue weighted by Gasteiger charge is -2.04. The van der Waals surface area contributed by atoms with Crippen molar-refractivity contribution in [3.8, 4) is 5.75 Å². The molecule has 6 heteroatoms. The molecule has 3 aromatic rings. The average Bonchev–Trinajstić information content (AvgIpc) is 3.15. The Kier molecular flexibility index (Phi) is 4.89. The number of carbonyl (C=O) groups excluding carboxylic acids is 2. The number of amides is 1. The summed E-state index contributed by atoms with van der Waals surface area (Å²) in [5.74, 6) is 0.601. The van der Waals surface area contributed by atoms with E-state index in [1.54, 1.807) is 55.6 Å². The van der Waals surface area contributed by atoms with Crippen LogP contribution in [0.4, 0.5) is 0 Å². The molecule has 6 nitrogen and oxygen atoms in total. The second-order valence-electron chi connectivity index (χ2n) is 5.28. The summed E-state index contributed by atoms with van der Waals surface area (Å²) in [4.78, 5) is 24.4. The number of nitrogens with one attached hydrogen (secondary N) is 1. The molecule has 1 heterocycles. The lowest BCUT2D eigenvalue weighted by atomic mass is 10.1. The van der Waals surface area contributed by atoms with E-state index in [1.165, 1.54) is 6.07 Å². The number of methoxy groups -OCH3 is 1. The van der Waals surface area contributed by atoms with Crippen molar-refractivity contribution in [3.63, 3.8) is 0 Å². The van der Waals surface area contributed by atoms with E-state index in [0.717, 1.165) is 0 Å². The fourth-order valence-corrected chi connectivity index (χ4v) is 2.25. The number of aromatic nitrogens is 1. The van der Waals surface area contributed by atoms with Crippen LogP contribution in [-0.4, -0.2) is 24.0 Å². The average molecular weight is 336 g/mol. The maximum absolute atomic E-state index is 12.3. The highest BCUT2D eigenvalue weighted by atomic mass is 16.5. The summed E-state index contributed by atoms with van der Waals surface area (Å²) in [5, 5.41) is 6.49. The maximum Gasteiger partial charge on any atom is 0.251 e. The van der Waals surface area contributed by atoms with Gasteiger partial charge in [-0.1, -0.05) is 35.5 Å². The zero-order valence-corrected chi connectivity index (χ0v) is 13.6. The Morgan fingerprint density at radius 2 is 1.76 bits per heavy atom. The molecule has 3 rings (SSSR count). The van der Waals surface area contributed by atoms with Crippen LogP contribution >= 0.6 is 0 Å². The van der Waals surface area contributed by atoms with Crippen LogP contribution in [0.3, 0.4) is 0 Å². The number of carbonyl (C=O) groups is 2. The zero-order chi connectivity index (χ0) is 17.6. The zero-order valence-electron chi connectivity index (χ0n) is 13.6. The Hall–Kier alpha value is -3.41. The van der Waals surface area contributed by atoms with Crippen molar-refractivity contribution in [2.24, 2.45) is 0 Å². The molecule has 0 atom stereocenters. The molecule has 0 bridgehead atoms. The van der Waals surface area contributed by atoms with Crippen LogP contribution in [0.25, 0.3) is 0 Å². The van der Waals surface area contributed by atoms with Crippen molar-refractivity contribution in [1.82, 2.24) is 10.5 Å². The van der Waals surface area contributed by atoms with E-state index >= 15 is 0 Å². The summed E-state index contributed by atoms with van der Waals surface area (Å²) < 4.78 is 10.2. The van der Waals surface area contributed by atoms with Gasteiger partial charge in [0.05, 0.1) is 13.7 Å². The van der Waals surface area contributed by atoms with Gasteiger partial charge < -0.3 is 14.6 Å². The van der Waals surface area contributed by atoms with Gasteiger partial charge in [-0.15, -0.1) is 0 Å². The van der Waals surface area contributed by atoms with Crippen LogP contribution in [0.5, 0.6) is 5.75 Å². The molecule has 0 spiro atoms. The van der Waals surface area contributed by atoms with Crippen LogP contribution in [0.1, 0.15) is 32.2 Å². The van der Waals surface area contributed by atoms with Gasteiger partial charge >= 0.3 is 0 Å². The first kappa shape index (κ1) is 16.4. The number of rotatable bonds is 6. The molecule has 2 aromatic carbocycles. The summed E-state index contributed by atoms with van der Waals surface area (Å²) in [6, 6.07) is 17.1. The molecule has 25 heavy (non-hydrogen) atoms. The van der Waals surface area contributed by atoms with Crippen molar-refractivity contribution in [2.75, 3.05) is 7.11 Å². The first-order chi connectivity index (χ1) is 12.2. The molecule has 0 saturated heterocycles. The lowest BCUT2D eigenvalue weighted by Crippen LogP contribution is -2.22. The van der Waals surface area contributed by atoms with Crippen LogP contribution in [-0.2, 0) is 6.54 Å². The van der Waals surface area contributed by atoms with Crippen molar-refractivity contribution in [2.45, 2.75) is 6.54 Å². The van der Waals surface area contributed by atoms with Gasteiger partial charge in [-0.3, -0.25) is 9.59 Å². The Balaban J connectivity index is 1.61. The first-order valence-electron chi connectivity index (χ1n) is 7.65. The number of nitrogens with zero attached hydrogens (tertiary/aromatic N) is 1. The molecular weight excluding hydrogens is 320 g/mol. The van der Waals surface area contributed by atoms with Crippen molar-refractivity contribution >= 4 is 11.7 Å². The van der Waals surface area contributed by atoms with E-state index < -0.39 is 0 Å². The summed E-state index contributed by atoms with van der Waals surface area (Å²) in [7, 11) is 1.56. The second kappa shape index (κ2) is 7.44. The largest absolute Gasteiger partial charge is 0.497 e. The summed E-state index contributed by atoms with van der Waals surface area (Å²) >= 11 is 0. The number of ether oxygens (including phenoxy) is 1. The van der Waals surface area contributed by atoms with Crippen LogP contribution < -0.4 is 10.1 Å². The van der Waals surface area contributed by atoms with E-state index in [-0.39, 0.29) is 23.9 Å². The molecular formula is C19H16N2O4. The lowest BCUT2D eigenvalue weighted by molar-refractivity contribution is 0.0945. The van der Waals surface area contributed by atoms with Crippen molar-refractivity contribution in [3.05, 3.63) is 83.2 Å². The fraction of sp³-hybridized carbons (Fsp3) is 0.105. The second-order valence-corrected chi connectivity index (χ2v) is 5.28. The summed E-state index contributed by atoms with van der Waals surface area (Å²) in [6.07, 6.45) is 0. The first-order valence-corrected chi connectivity index (χ1v) is 7.65. The SMILES string of the molecule is COc1ccc(C(=O)NCc2cc(C(=O)c3ccccc3)no2)cc1. The van der Waals surface area contributed by atoms with Gasteiger partial charge in [-0.2, -0.15) is 0 Å². The molecule has 0 fully saturated rings. The highest BCUT2D eigenvalue weighted by molar-refractivity contribution is 6.07. The Morgan fingerprint density at radius 1 is 1.04 bits per heavy atom. The molecule has 0 aliphatic rings. The van der Waals surface area contributed by atoms with Crippen LogP contribution in [0.2, 0.25) is 0 Å². The number of hydrogen-bond donors (Lipinski definition) is 1. The predicted octanol–water partition coefficient (Wildman–Crippen LogP) is 2.84. The van der Waals surface area contributed by atoms with Crippen LogP contribution in [0, 0.1) is 0 Å². The van der Waals surface area contributed by atoms with E-state index in [9.17, 15) is 9.59 Å². The minimum atomic E-state index is -0.255. The van der Waals surface area contributed by atoms with Crippen LogP contribution in [0.15, 0.2) is 65.2 Å². The Labute approximate surface area is 144 Å². The van der Waals surface area contributed by atoms with Gasteiger partial charge in [-0.25, -0.2) is 0 Å². The van der Waals surface area contributed by atoms with Gasteiger partial charge in [0.1, 0.15) is 5.75 Å². The molecule has 0 aliphatic carbocycles. The third-order valence-corrected chi connectivity index (χ3v) is 3.60. The molecule has 0 unspecified atom stereocenters. The highest BCUT2D eigenvalue weighted by Gasteiger charge is 2.15. The normalized spacial score (nSPS) is 10.3. The summed E-state index contributed by atoms with van der Waals surface area (Å²) in [5.41, 5.74) is 1.24. The standard InChI is InChI=1S/C19H16N2O4/c1-24-15-9-7-14(8-10-15)19(23)20-12-16-11-17(21-25-16)18(22)13-5-3-2-4-6-13/h2-11H,12H2,1H3,(H,20,23). The smallest absolute Gasteiger partial charge is 0.251 e. The fourth-order valence-electron chi connectivity index (χ4n) is 2.25. The van der Waals surface area contributed by atoms with Crippen molar-refractivity contribution in [1.29, 1.82) is 0 Å². The van der Waals surface area contributed by atoms with Gasteiger partial charge in [-0.05, 0) is 24.3 Å². The monoisotopic (exact) mass is 336 g/mol. The summed E-state index contributed by atoms with van der Waals surface area (Å²) in [6.45, 7) is 0.139. The third-order valence-electron chi connectivity index (χ3n) is 3.60. The maximum atomic E-state index is 12.3. The van der Waals surface area contributed by atoms with E-state index in [0.29, 0.717) is 22.6 Å². The molecule has 0 aliphatic heterocycles. The minimum Gasteiger partial charge on any atom is -0.497 e. The molecule has 1 aromatic heterocycles. The number of benzene rings is 2. The predicted molar refractivity (Wildman–Crippen MR) is 90.5 cm³/mol. The van der Waals surface area contributed by atoms with Gasteiger partial charge in [0.15, 0.2) is 11.5 Å². The number of ketones is 1. The topological polar surface area (TPSA) is 81.4 Å². The molecule has 1 amide bonds. The Bertz CT molecular complexity index is 870. The van der Waals surface area contributed by atoms with E-state index in [2.05, 4.69) is 10.5 Å². The third kappa shape index (κ3) is 3.92. The highest BCUT2D eigenvalue weighted by Crippen LogP contribution is 2.12. The van der Waals surface area contributed by atoms with Gasteiger partial charge in [0.2, 0.25) is 5.78 Å². The Morgan fingerprint density at radius 3 is 2.44 bits per heavy atom. The van der Waals surface area contributed by atoms with Gasteiger partial charge in [0, 0.05) is 17.2 Å². The van der Waals surface area contributed by atoms with Crippen molar-refractivity contribution < 1.29 is 18.8 Å². The van der Waals surface area contributed by atoms with E-state index in [4.69, 9.17) is 9.26 Å². The quantitative estimate of drug-likeness (QED) is 0.700. The van der Waals surface area contributed by atoms with E-state index in [1.807, 2.05) is 6.07 Å². The van der Waals surface area contributed by atoms with Gasteiger partial charge in [0.25, 0.3) is 5.91 Å².